The molecule has 1 aromatic heterocycles. The van der Waals surface area contributed by atoms with Gasteiger partial charge >= 0.3 is 5.69 Å². The lowest BCUT2D eigenvalue weighted by molar-refractivity contribution is -0.383. The van der Waals surface area contributed by atoms with Gasteiger partial charge in [-0.25, -0.2) is 9.97 Å². The SMILES string of the molecule is CCc1ccccc1Nc1ncnc(N2CCCc3ccccc32)c1[N+](=O)[O-]. The predicted octanol–water partition coefficient (Wildman–Crippen LogP) is 4.78. The van der Waals surface area contributed by atoms with E-state index in [0.29, 0.717) is 12.4 Å². The number of nitrogens with one attached hydrogen (secondary N) is 1. The first-order chi connectivity index (χ1) is 13.7. The molecule has 0 aliphatic carbocycles. The van der Waals surface area contributed by atoms with E-state index in [2.05, 4.69) is 21.4 Å². The molecule has 2 heterocycles. The molecule has 7 nitrogen and oxygen atoms in total. The zero-order valence-corrected chi connectivity index (χ0v) is 15.6. The molecule has 7 heteroatoms. The predicted molar refractivity (Wildman–Crippen MR) is 110 cm³/mol. The molecule has 0 radical (unpaired) electrons. The van der Waals surface area contributed by atoms with E-state index in [1.54, 1.807) is 0 Å². The minimum atomic E-state index is -0.399. The van der Waals surface area contributed by atoms with Crippen molar-refractivity contribution in [3.63, 3.8) is 0 Å². The Balaban J connectivity index is 1.80. The second-order valence-electron chi connectivity index (χ2n) is 6.67. The van der Waals surface area contributed by atoms with Crippen molar-refractivity contribution in [2.45, 2.75) is 26.2 Å². The highest BCUT2D eigenvalue weighted by molar-refractivity contribution is 5.80. The van der Waals surface area contributed by atoms with Gasteiger partial charge in [0.25, 0.3) is 0 Å². The molecule has 0 fully saturated rings. The molecule has 0 amide bonds. The molecule has 28 heavy (non-hydrogen) atoms. The van der Waals surface area contributed by atoms with Gasteiger partial charge in [0.05, 0.1) is 4.92 Å². The zero-order valence-electron chi connectivity index (χ0n) is 15.6. The Hall–Kier alpha value is -3.48. The van der Waals surface area contributed by atoms with E-state index in [1.807, 2.05) is 54.3 Å². The molecule has 2 aromatic carbocycles. The molecule has 1 aliphatic heterocycles. The van der Waals surface area contributed by atoms with Crippen LogP contribution in [0.1, 0.15) is 24.5 Å². The Kier molecular flexibility index (Phi) is 4.89. The van der Waals surface area contributed by atoms with Crippen LogP contribution in [0.25, 0.3) is 0 Å². The van der Waals surface area contributed by atoms with Gasteiger partial charge in [-0.2, -0.15) is 0 Å². The topological polar surface area (TPSA) is 84.2 Å². The van der Waals surface area contributed by atoms with Crippen molar-refractivity contribution >= 4 is 28.7 Å². The third-order valence-corrected chi connectivity index (χ3v) is 5.00. The van der Waals surface area contributed by atoms with Gasteiger partial charge in [-0.3, -0.25) is 10.1 Å². The summed E-state index contributed by atoms with van der Waals surface area (Å²) in [6.45, 7) is 2.73. The molecule has 1 N–H and O–H groups in total. The van der Waals surface area contributed by atoms with Crippen LogP contribution in [0.4, 0.5) is 28.7 Å². The number of hydrogen-bond acceptors (Lipinski definition) is 6. The maximum Gasteiger partial charge on any atom is 0.354 e. The summed E-state index contributed by atoms with van der Waals surface area (Å²) in [5.74, 6) is 0.530. The number of benzene rings is 2. The van der Waals surface area contributed by atoms with Crippen LogP contribution >= 0.6 is 0 Å². The monoisotopic (exact) mass is 375 g/mol. The number of para-hydroxylation sites is 2. The molecule has 4 rings (SSSR count). The Bertz CT molecular complexity index is 1020. The number of aryl methyl sites for hydroxylation is 2. The molecule has 0 spiro atoms. The number of fused-ring (bicyclic) bond motifs is 1. The van der Waals surface area contributed by atoms with Gasteiger partial charge in [0.15, 0.2) is 0 Å². The van der Waals surface area contributed by atoms with Crippen molar-refractivity contribution in [3.05, 3.63) is 76.1 Å². The second kappa shape index (κ2) is 7.64. The van der Waals surface area contributed by atoms with Crippen LogP contribution in [0.3, 0.4) is 0 Å². The van der Waals surface area contributed by atoms with Gasteiger partial charge in [0, 0.05) is 17.9 Å². The van der Waals surface area contributed by atoms with Crippen LogP contribution < -0.4 is 10.2 Å². The van der Waals surface area contributed by atoms with Gasteiger partial charge in [0.1, 0.15) is 6.33 Å². The average Bonchev–Trinajstić information content (AvgIpc) is 2.73. The molecular formula is C21H21N5O2. The number of aromatic nitrogens is 2. The van der Waals surface area contributed by atoms with Gasteiger partial charge in [-0.15, -0.1) is 0 Å². The third-order valence-electron chi connectivity index (χ3n) is 5.00. The number of hydrogen-bond donors (Lipinski definition) is 1. The van der Waals surface area contributed by atoms with E-state index in [9.17, 15) is 10.1 Å². The molecule has 0 atom stereocenters. The van der Waals surface area contributed by atoms with E-state index in [-0.39, 0.29) is 11.5 Å². The molecule has 3 aromatic rings. The largest absolute Gasteiger partial charge is 0.354 e. The lowest BCUT2D eigenvalue weighted by Crippen LogP contribution is -2.26. The summed E-state index contributed by atoms with van der Waals surface area (Å²) in [6.07, 6.45) is 4.07. The van der Waals surface area contributed by atoms with Crippen molar-refractivity contribution in [1.29, 1.82) is 0 Å². The molecule has 0 bridgehead atoms. The highest BCUT2D eigenvalue weighted by Crippen LogP contribution is 2.40. The summed E-state index contributed by atoms with van der Waals surface area (Å²) < 4.78 is 0. The molecular weight excluding hydrogens is 354 g/mol. The fourth-order valence-electron chi connectivity index (χ4n) is 3.66. The first kappa shape index (κ1) is 17.9. The quantitative estimate of drug-likeness (QED) is 0.510. The van der Waals surface area contributed by atoms with Crippen molar-refractivity contribution in [2.75, 3.05) is 16.8 Å². The van der Waals surface area contributed by atoms with Gasteiger partial charge in [-0.1, -0.05) is 43.3 Å². The lowest BCUT2D eigenvalue weighted by Gasteiger charge is -2.30. The van der Waals surface area contributed by atoms with E-state index in [1.165, 1.54) is 11.9 Å². The van der Waals surface area contributed by atoms with Gasteiger partial charge in [0.2, 0.25) is 11.6 Å². The Labute approximate surface area is 163 Å². The summed E-state index contributed by atoms with van der Waals surface area (Å²) in [5, 5.41) is 15.2. The van der Waals surface area contributed by atoms with E-state index in [4.69, 9.17) is 0 Å². The van der Waals surface area contributed by atoms with Crippen LogP contribution in [0, 0.1) is 10.1 Å². The highest BCUT2D eigenvalue weighted by Gasteiger charge is 2.30. The van der Waals surface area contributed by atoms with Crippen LogP contribution in [0.2, 0.25) is 0 Å². The Morgan fingerprint density at radius 1 is 1.14 bits per heavy atom. The Morgan fingerprint density at radius 3 is 2.75 bits per heavy atom. The molecule has 0 saturated carbocycles. The number of anilines is 4. The van der Waals surface area contributed by atoms with Crippen LogP contribution in [0.5, 0.6) is 0 Å². The summed E-state index contributed by atoms with van der Waals surface area (Å²) in [5.41, 5.74) is 3.92. The molecule has 0 unspecified atom stereocenters. The minimum Gasteiger partial charge on any atom is -0.334 e. The van der Waals surface area contributed by atoms with Crippen LogP contribution in [-0.4, -0.2) is 21.4 Å². The van der Waals surface area contributed by atoms with Crippen molar-refractivity contribution in [1.82, 2.24) is 9.97 Å². The van der Waals surface area contributed by atoms with E-state index < -0.39 is 4.92 Å². The van der Waals surface area contributed by atoms with Crippen molar-refractivity contribution in [2.24, 2.45) is 0 Å². The van der Waals surface area contributed by atoms with Crippen LogP contribution in [-0.2, 0) is 12.8 Å². The maximum atomic E-state index is 12.0. The maximum absolute atomic E-state index is 12.0. The second-order valence-corrected chi connectivity index (χ2v) is 6.67. The summed E-state index contributed by atoms with van der Waals surface area (Å²) in [7, 11) is 0. The standard InChI is InChI=1S/C21H21N5O2/c1-2-15-8-3-5-11-17(15)24-20-19(26(27)28)21(23-14-22-20)25-13-7-10-16-9-4-6-12-18(16)25/h3-6,8-9,11-12,14H,2,7,10,13H2,1H3,(H,22,23,24). The number of nitrogens with zero attached hydrogens (tertiary/aromatic N) is 4. The van der Waals surface area contributed by atoms with Gasteiger partial charge < -0.3 is 10.2 Å². The highest BCUT2D eigenvalue weighted by atomic mass is 16.6. The third kappa shape index (κ3) is 3.26. The summed E-state index contributed by atoms with van der Waals surface area (Å²) in [6, 6.07) is 15.7. The smallest absolute Gasteiger partial charge is 0.334 e. The fraction of sp³-hybridized carbons (Fsp3) is 0.238. The number of nitro groups is 1. The fourth-order valence-corrected chi connectivity index (χ4v) is 3.66. The molecule has 1 aliphatic rings. The first-order valence-electron chi connectivity index (χ1n) is 9.38. The Morgan fingerprint density at radius 2 is 1.93 bits per heavy atom. The molecule has 0 saturated heterocycles. The van der Waals surface area contributed by atoms with Crippen LogP contribution in [0.15, 0.2) is 54.9 Å². The van der Waals surface area contributed by atoms with Crippen molar-refractivity contribution in [3.8, 4) is 0 Å². The summed E-state index contributed by atoms with van der Waals surface area (Å²) in [4.78, 5) is 22.0. The van der Waals surface area contributed by atoms with E-state index >= 15 is 0 Å². The molecule has 142 valence electrons. The lowest BCUT2D eigenvalue weighted by atomic mass is 10.0. The number of rotatable bonds is 5. The average molecular weight is 375 g/mol. The van der Waals surface area contributed by atoms with Crippen molar-refractivity contribution < 1.29 is 4.92 Å². The summed E-state index contributed by atoms with van der Waals surface area (Å²) >= 11 is 0. The first-order valence-corrected chi connectivity index (χ1v) is 9.38. The zero-order chi connectivity index (χ0) is 19.5. The minimum absolute atomic E-state index is 0.106. The normalized spacial score (nSPS) is 13.1. The van der Waals surface area contributed by atoms with Gasteiger partial charge in [-0.05, 0) is 42.5 Å². The van der Waals surface area contributed by atoms with E-state index in [0.717, 1.165) is 36.2 Å².